The average molecular weight is 452 g/mol. The van der Waals surface area contributed by atoms with Crippen LogP contribution in [0.3, 0.4) is 0 Å². The minimum Gasteiger partial charge on any atom is -0.367 e. The van der Waals surface area contributed by atoms with E-state index in [9.17, 15) is 0 Å². The van der Waals surface area contributed by atoms with Gasteiger partial charge in [-0.1, -0.05) is 19.1 Å². The van der Waals surface area contributed by atoms with E-state index in [1.807, 2.05) is 24.7 Å². The molecular weight excluding hydrogens is 422 g/mol. The van der Waals surface area contributed by atoms with E-state index in [1.165, 1.54) is 11.3 Å². The van der Waals surface area contributed by atoms with E-state index in [4.69, 9.17) is 10.1 Å². The molecule has 6 rings (SSSR count). The molecule has 2 aliphatic heterocycles. The number of benzene rings is 1. The molecule has 4 aromatic rings. The first-order valence-corrected chi connectivity index (χ1v) is 12.1. The lowest BCUT2D eigenvalue weighted by Crippen LogP contribution is -2.45. The van der Waals surface area contributed by atoms with E-state index >= 15 is 0 Å². The number of nitrogens with one attached hydrogen (secondary N) is 1. The Labute approximate surface area is 199 Å². The molecule has 2 aliphatic rings. The molecule has 3 aromatic heterocycles. The highest BCUT2D eigenvalue weighted by atomic mass is 15.3. The van der Waals surface area contributed by atoms with Gasteiger partial charge in [-0.15, -0.1) is 0 Å². The molecule has 1 saturated heterocycles. The van der Waals surface area contributed by atoms with Crippen LogP contribution >= 0.6 is 0 Å². The van der Waals surface area contributed by atoms with Crippen LogP contribution in [-0.4, -0.2) is 64.0 Å². The van der Waals surface area contributed by atoms with Gasteiger partial charge < -0.3 is 9.80 Å². The zero-order chi connectivity index (χ0) is 23.1. The Morgan fingerprint density at radius 3 is 2.68 bits per heavy atom. The van der Waals surface area contributed by atoms with Crippen LogP contribution in [0.4, 0.5) is 11.4 Å². The van der Waals surface area contributed by atoms with Gasteiger partial charge >= 0.3 is 0 Å². The van der Waals surface area contributed by atoms with Crippen molar-refractivity contribution in [1.82, 2.24) is 25.1 Å². The summed E-state index contributed by atoms with van der Waals surface area (Å²) in [6.45, 7) is 6.46. The van der Waals surface area contributed by atoms with Crippen molar-refractivity contribution in [2.75, 3.05) is 38.1 Å². The van der Waals surface area contributed by atoms with Gasteiger partial charge in [0.15, 0.2) is 0 Å². The number of aromatic amines is 1. The second-order valence-electron chi connectivity index (χ2n) is 9.33. The Morgan fingerprint density at radius 2 is 1.88 bits per heavy atom. The molecule has 1 fully saturated rings. The molecule has 7 heteroatoms. The standard InChI is InChI=1S/C27H29N7/c1-3-18-13-21-24(16-29-17-25(21)34-11-9-33(2)10-12-34)30-26(18)27-22-14-19(6-7-23(22)31-32-27)20-5-4-8-28-15-20/h4-8,14-18H,3,9-13H2,1-2H3,(H,31,32). The first-order valence-electron chi connectivity index (χ1n) is 12.1. The van der Waals surface area contributed by atoms with Gasteiger partial charge in [0.25, 0.3) is 0 Å². The highest BCUT2D eigenvalue weighted by Crippen LogP contribution is 2.38. The molecule has 1 unspecified atom stereocenters. The van der Waals surface area contributed by atoms with Gasteiger partial charge in [-0.3, -0.25) is 15.1 Å². The summed E-state index contributed by atoms with van der Waals surface area (Å²) in [7, 11) is 2.19. The second-order valence-corrected chi connectivity index (χ2v) is 9.33. The van der Waals surface area contributed by atoms with E-state index in [0.717, 1.165) is 78.1 Å². The lowest BCUT2D eigenvalue weighted by Gasteiger charge is -2.36. The van der Waals surface area contributed by atoms with Crippen molar-refractivity contribution in [3.63, 3.8) is 0 Å². The first kappa shape index (κ1) is 21.0. The van der Waals surface area contributed by atoms with Crippen LogP contribution in [0, 0.1) is 5.92 Å². The third-order valence-corrected chi connectivity index (χ3v) is 7.23. The summed E-state index contributed by atoms with van der Waals surface area (Å²) in [4.78, 5) is 18.9. The van der Waals surface area contributed by atoms with Gasteiger partial charge in [-0.2, -0.15) is 5.10 Å². The van der Waals surface area contributed by atoms with E-state index < -0.39 is 0 Å². The van der Waals surface area contributed by atoms with Gasteiger partial charge in [0.05, 0.1) is 35.0 Å². The van der Waals surface area contributed by atoms with Crippen LogP contribution in [0.1, 0.15) is 24.6 Å². The summed E-state index contributed by atoms with van der Waals surface area (Å²) in [5.41, 5.74) is 8.81. The SMILES string of the molecule is CCC1Cc2c(cncc2N2CCN(C)CC2)N=C1c1n[nH]c2ccc(-c3cccnc3)cc12. The number of aliphatic imine (C=N–C) groups is 1. The first-order chi connectivity index (χ1) is 16.7. The van der Waals surface area contributed by atoms with Gasteiger partial charge in [0.1, 0.15) is 5.69 Å². The summed E-state index contributed by atoms with van der Waals surface area (Å²) >= 11 is 0. The Bertz CT molecular complexity index is 1350. The molecule has 172 valence electrons. The molecule has 0 saturated carbocycles. The second kappa shape index (κ2) is 8.65. The fourth-order valence-corrected chi connectivity index (χ4v) is 5.16. The minimum absolute atomic E-state index is 0.315. The number of hydrogen-bond donors (Lipinski definition) is 1. The molecule has 7 nitrogen and oxygen atoms in total. The third-order valence-electron chi connectivity index (χ3n) is 7.23. The van der Waals surface area contributed by atoms with Gasteiger partial charge in [0.2, 0.25) is 0 Å². The van der Waals surface area contributed by atoms with Crippen LogP contribution in [0.25, 0.3) is 22.0 Å². The maximum atomic E-state index is 5.19. The lowest BCUT2D eigenvalue weighted by atomic mass is 9.86. The number of aromatic nitrogens is 4. The van der Waals surface area contributed by atoms with E-state index in [1.54, 1.807) is 6.20 Å². The molecular formula is C27H29N7. The Balaban J connectivity index is 1.43. The predicted octanol–water partition coefficient (Wildman–Crippen LogP) is 4.47. The highest BCUT2D eigenvalue weighted by molar-refractivity contribution is 6.12. The normalized spacial score (nSPS) is 18.7. The molecule has 1 atom stereocenters. The van der Waals surface area contributed by atoms with Crippen molar-refractivity contribution < 1.29 is 0 Å². The average Bonchev–Trinajstić information content (AvgIpc) is 3.31. The summed E-state index contributed by atoms with van der Waals surface area (Å²) in [6.07, 6.45) is 9.62. The minimum atomic E-state index is 0.315. The number of piperazine rings is 1. The maximum absolute atomic E-state index is 5.19. The maximum Gasteiger partial charge on any atom is 0.114 e. The van der Waals surface area contributed by atoms with Crippen LogP contribution in [0.2, 0.25) is 0 Å². The molecule has 0 spiro atoms. The highest BCUT2D eigenvalue weighted by Gasteiger charge is 2.29. The van der Waals surface area contributed by atoms with Gasteiger partial charge in [-0.05, 0) is 43.7 Å². The zero-order valence-electron chi connectivity index (χ0n) is 19.7. The summed E-state index contributed by atoms with van der Waals surface area (Å²) in [6, 6.07) is 10.5. The van der Waals surface area contributed by atoms with E-state index in [-0.39, 0.29) is 0 Å². The molecule has 0 bridgehead atoms. The number of pyridine rings is 2. The fourth-order valence-electron chi connectivity index (χ4n) is 5.16. The number of nitrogens with zero attached hydrogens (tertiary/aromatic N) is 6. The molecule has 1 N–H and O–H groups in total. The Morgan fingerprint density at radius 1 is 1.00 bits per heavy atom. The van der Waals surface area contributed by atoms with Crippen molar-refractivity contribution in [2.45, 2.75) is 19.8 Å². The van der Waals surface area contributed by atoms with Gasteiger partial charge in [0, 0.05) is 61.0 Å². The lowest BCUT2D eigenvalue weighted by molar-refractivity contribution is 0.312. The number of fused-ring (bicyclic) bond motifs is 2. The smallest absolute Gasteiger partial charge is 0.114 e. The van der Waals surface area contributed by atoms with Crippen molar-refractivity contribution in [1.29, 1.82) is 0 Å². The number of likely N-dealkylation sites (N-methyl/N-ethyl adjacent to an activating group) is 1. The van der Waals surface area contributed by atoms with Crippen molar-refractivity contribution in [3.05, 3.63) is 66.4 Å². The summed E-state index contributed by atoms with van der Waals surface area (Å²) in [5, 5.41) is 9.06. The monoisotopic (exact) mass is 451 g/mol. The quantitative estimate of drug-likeness (QED) is 0.495. The number of rotatable bonds is 4. The molecule has 5 heterocycles. The number of anilines is 1. The van der Waals surface area contributed by atoms with E-state index in [2.05, 4.69) is 63.1 Å². The van der Waals surface area contributed by atoms with Crippen LogP contribution in [-0.2, 0) is 6.42 Å². The van der Waals surface area contributed by atoms with Crippen LogP contribution < -0.4 is 4.90 Å². The molecule has 0 amide bonds. The largest absolute Gasteiger partial charge is 0.367 e. The third kappa shape index (κ3) is 3.66. The number of hydrogen-bond acceptors (Lipinski definition) is 6. The zero-order valence-corrected chi connectivity index (χ0v) is 19.7. The summed E-state index contributed by atoms with van der Waals surface area (Å²) in [5.74, 6) is 0.315. The van der Waals surface area contributed by atoms with Crippen molar-refractivity contribution >= 4 is 28.0 Å². The number of H-pyrrole nitrogens is 1. The Hall–Kier alpha value is -3.58. The topological polar surface area (TPSA) is 73.3 Å². The van der Waals surface area contributed by atoms with Crippen LogP contribution in [0.15, 0.2) is 60.1 Å². The predicted molar refractivity (Wildman–Crippen MR) is 137 cm³/mol. The molecule has 0 aliphatic carbocycles. The summed E-state index contributed by atoms with van der Waals surface area (Å²) < 4.78 is 0. The van der Waals surface area contributed by atoms with E-state index in [0.29, 0.717) is 5.92 Å². The fraction of sp³-hybridized carbons (Fsp3) is 0.333. The van der Waals surface area contributed by atoms with Crippen LogP contribution in [0.5, 0.6) is 0 Å². The van der Waals surface area contributed by atoms with Gasteiger partial charge in [-0.25, -0.2) is 4.99 Å². The van der Waals surface area contributed by atoms with Crippen molar-refractivity contribution in [3.8, 4) is 11.1 Å². The molecule has 0 radical (unpaired) electrons. The molecule has 34 heavy (non-hydrogen) atoms. The Kier molecular flexibility index (Phi) is 5.34. The van der Waals surface area contributed by atoms with Crippen molar-refractivity contribution in [2.24, 2.45) is 10.9 Å². The molecule has 1 aromatic carbocycles.